The number of rotatable bonds is 4. The van der Waals surface area contributed by atoms with E-state index in [1.807, 2.05) is 44.3 Å². The molecule has 2 aromatic carbocycles. The predicted octanol–water partition coefficient (Wildman–Crippen LogP) is 4.26. The maximum Gasteiger partial charge on any atom is 0.321 e. The second-order valence-electron chi connectivity index (χ2n) is 6.48. The Kier molecular flexibility index (Phi) is 5.04. The second-order valence-corrected chi connectivity index (χ2v) is 6.48. The first kappa shape index (κ1) is 16.4. The molecular weight excluding hydrogens is 298 g/mol. The van der Waals surface area contributed by atoms with Gasteiger partial charge < -0.3 is 15.1 Å². The molecule has 1 fully saturated rings. The summed E-state index contributed by atoms with van der Waals surface area (Å²) in [6.45, 7) is 4.85. The van der Waals surface area contributed by atoms with E-state index in [0.29, 0.717) is 6.54 Å². The maximum absolute atomic E-state index is 12.4. The van der Waals surface area contributed by atoms with Gasteiger partial charge in [-0.05, 0) is 43.5 Å². The fraction of sp³-hybridized carbons (Fsp3) is 0.350. The van der Waals surface area contributed by atoms with E-state index in [1.54, 1.807) is 4.90 Å². The summed E-state index contributed by atoms with van der Waals surface area (Å²) in [5.74, 6) is 0. The highest BCUT2D eigenvalue weighted by Crippen LogP contribution is 2.25. The fourth-order valence-electron chi connectivity index (χ4n) is 3.09. The summed E-state index contributed by atoms with van der Waals surface area (Å²) in [7, 11) is 1.84. The van der Waals surface area contributed by atoms with E-state index in [-0.39, 0.29) is 6.03 Å². The van der Waals surface area contributed by atoms with Gasteiger partial charge in [0, 0.05) is 38.1 Å². The average Bonchev–Trinajstić information content (AvgIpc) is 3.11. The Balaban J connectivity index is 1.66. The lowest BCUT2D eigenvalue weighted by Gasteiger charge is -2.24. The van der Waals surface area contributed by atoms with Gasteiger partial charge in [0.1, 0.15) is 0 Å². The summed E-state index contributed by atoms with van der Waals surface area (Å²) in [6.07, 6.45) is 2.50. The predicted molar refractivity (Wildman–Crippen MR) is 99.6 cm³/mol. The van der Waals surface area contributed by atoms with Crippen LogP contribution in [0.25, 0.3) is 0 Å². The first-order valence-electron chi connectivity index (χ1n) is 8.55. The van der Waals surface area contributed by atoms with Gasteiger partial charge in [0.25, 0.3) is 0 Å². The van der Waals surface area contributed by atoms with Crippen molar-refractivity contribution >= 4 is 17.4 Å². The molecule has 4 nitrogen and oxygen atoms in total. The van der Waals surface area contributed by atoms with Crippen LogP contribution in [0.2, 0.25) is 0 Å². The summed E-state index contributed by atoms with van der Waals surface area (Å²) in [6, 6.07) is 16.2. The van der Waals surface area contributed by atoms with Gasteiger partial charge in [-0.25, -0.2) is 4.79 Å². The number of para-hydroxylation sites is 1. The largest absolute Gasteiger partial charge is 0.371 e. The smallest absolute Gasteiger partial charge is 0.321 e. The molecule has 1 aliphatic heterocycles. The van der Waals surface area contributed by atoms with E-state index >= 15 is 0 Å². The van der Waals surface area contributed by atoms with Crippen LogP contribution in [0.4, 0.5) is 16.2 Å². The third-order valence-corrected chi connectivity index (χ3v) is 4.50. The average molecular weight is 323 g/mol. The van der Waals surface area contributed by atoms with Crippen LogP contribution >= 0.6 is 0 Å². The maximum atomic E-state index is 12.4. The van der Waals surface area contributed by atoms with Crippen molar-refractivity contribution in [2.75, 3.05) is 30.4 Å². The fourth-order valence-corrected chi connectivity index (χ4v) is 3.09. The molecule has 1 N–H and O–H groups in total. The SMILES string of the molecule is Cc1ccc(NC(=O)N(C)Cc2ccccc2N2CCCC2)cc1. The van der Waals surface area contributed by atoms with Crippen molar-refractivity contribution in [3.63, 3.8) is 0 Å². The summed E-state index contributed by atoms with van der Waals surface area (Å²) in [5.41, 5.74) is 4.46. The number of nitrogens with zero attached hydrogens (tertiary/aromatic N) is 2. The molecule has 1 heterocycles. The number of hydrogen-bond donors (Lipinski definition) is 1. The molecule has 24 heavy (non-hydrogen) atoms. The van der Waals surface area contributed by atoms with Gasteiger partial charge in [-0.2, -0.15) is 0 Å². The molecule has 0 radical (unpaired) electrons. The van der Waals surface area contributed by atoms with Gasteiger partial charge >= 0.3 is 6.03 Å². The molecule has 0 bridgehead atoms. The first-order valence-corrected chi connectivity index (χ1v) is 8.55. The van der Waals surface area contributed by atoms with Crippen molar-refractivity contribution in [3.8, 4) is 0 Å². The molecule has 0 aromatic heterocycles. The van der Waals surface area contributed by atoms with E-state index in [0.717, 1.165) is 18.8 Å². The van der Waals surface area contributed by atoms with Crippen LogP contribution in [0.3, 0.4) is 0 Å². The summed E-state index contributed by atoms with van der Waals surface area (Å²) in [5, 5.41) is 2.95. The third kappa shape index (κ3) is 3.88. The summed E-state index contributed by atoms with van der Waals surface area (Å²) >= 11 is 0. The molecule has 1 saturated heterocycles. The molecule has 1 aliphatic rings. The Morgan fingerprint density at radius 3 is 2.46 bits per heavy atom. The van der Waals surface area contributed by atoms with E-state index in [9.17, 15) is 4.79 Å². The Bertz CT molecular complexity index is 690. The molecule has 2 amide bonds. The summed E-state index contributed by atoms with van der Waals surface area (Å²) < 4.78 is 0. The van der Waals surface area contributed by atoms with Crippen molar-refractivity contribution in [2.45, 2.75) is 26.3 Å². The Morgan fingerprint density at radius 1 is 1.08 bits per heavy atom. The molecule has 0 spiro atoms. The highest BCUT2D eigenvalue weighted by molar-refractivity contribution is 5.89. The Hall–Kier alpha value is -2.49. The minimum Gasteiger partial charge on any atom is -0.371 e. The first-order chi connectivity index (χ1) is 11.6. The van der Waals surface area contributed by atoms with Gasteiger partial charge in [-0.3, -0.25) is 0 Å². The Labute approximate surface area is 144 Å². The number of benzene rings is 2. The van der Waals surface area contributed by atoms with Gasteiger partial charge in [0.15, 0.2) is 0 Å². The number of aryl methyl sites for hydroxylation is 1. The van der Waals surface area contributed by atoms with Crippen molar-refractivity contribution in [2.24, 2.45) is 0 Å². The van der Waals surface area contributed by atoms with Gasteiger partial charge in [-0.1, -0.05) is 35.9 Å². The molecule has 0 unspecified atom stereocenters. The monoisotopic (exact) mass is 323 g/mol. The van der Waals surface area contributed by atoms with Gasteiger partial charge in [0.05, 0.1) is 0 Å². The molecule has 0 saturated carbocycles. The van der Waals surface area contributed by atoms with Crippen LogP contribution in [0.1, 0.15) is 24.0 Å². The summed E-state index contributed by atoms with van der Waals surface area (Å²) in [4.78, 5) is 16.6. The normalized spacial score (nSPS) is 13.8. The number of carbonyl (C=O) groups is 1. The van der Waals surface area contributed by atoms with Crippen molar-refractivity contribution < 1.29 is 4.79 Å². The number of urea groups is 1. The molecular formula is C20H25N3O. The van der Waals surface area contributed by atoms with Crippen LogP contribution < -0.4 is 10.2 Å². The number of hydrogen-bond acceptors (Lipinski definition) is 2. The van der Waals surface area contributed by atoms with Crippen LogP contribution in [0.5, 0.6) is 0 Å². The van der Waals surface area contributed by atoms with E-state index in [1.165, 1.54) is 29.7 Å². The van der Waals surface area contributed by atoms with Gasteiger partial charge in [-0.15, -0.1) is 0 Å². The second kappa shape index (κ2) is 7.39. The van der Waals surface area contributed by atoms with Crippen LogP contribution in [-0.4, -0.2) is 31.1 Å². The number of carbonyl (C=O) groups excluding carboxylic acids is 1. The van der Waals surface area contributed by atoms with Crippen LogP contribution in [0.15, 0.2) is 48.5 Å². The van der Waals surface area contributed by atoms with E-state index < -0.39 is 0 Å². The highest BCUT2D eigenvalue weighted by atomic mass is 16.2. The lowest BCUT2D eigenvalue weighted by molar-refractivity contribution is 0.220. The van der Waals surface area contributed by atoms with Crippen molar-refractivity contribution in [1.82, 2.24) is 4.90 Å². The minimum atomic E-state index is -0.0879. The molecule has 2 aromatic rings. The molecule has 0 atom stereocenters. The highest BCUT2D eigenvalue weighted by Gasteiger charge is 2.17. The van der Waals surface area contributed by atoms with Gasteiger partial charge in [0.2, 0.25) is 0 Å². The van der Waals surface area contributed by atoms with Crippen LogP contribution in [-0.2, 0) is 6.54 Å². The zero-order chi connectivity index (χ0) is 16.9. The molecule has 126 valence electrons. The molecule has 0 aliphatic carbocycles. The van der Waals surface area contributed by atoms with E-state index in [4.69, 9.17) is 0 Å². The number of nitrogens with one attached hydrogen (secondary N) is 1. The molecule has 4 heteroatoms. The van der Waals surface area contributed by atoms with Crippen molar-refractivity contribution in [3.05, 3.63) is 59.7 Å². The zero-order valence-electron chi connectivity index (χ0n) is 14.5. The topological polar surface area (TPSA) is 35.6 Å². The lowest BCUT2D eigenvalue weighted by atomic mass is 10.1. The standard InChI is InChI=1S/C20H25N3O/c1-16-9-11-18(12-10-16)21-20(24)22(2)15-17-7-3-4-8-19(17)23-13-5-6-14-23/h3-4,7-12H,5-6,13-15H2,1-2H3,(H,21,24). The zero-order valence-corrected chi connectivity index (χ0v) is 14.5. The minimum absolute atomic E-state index is 0.0879. The van der Waals surface area contributed by atoms with Crippen molar-refractivity contribution in [1.29, 1.82) is 0 Å². The quantitative estimate of drug-likeness (QED) is 0.912. The Morgan fingerprint density at radius 2 is 1.75 bits per heavy atom. The lowest BCUT2D eigenvalue weighted by Crippen LogP contribution is -2.31. The number of anilines is 2. The molecule has 3 rings (SSSR count). The van der Waals surface area contributed by atoms with Crippen LogP contribution in [0, 0.1) is 6.92 Å². The van der Waals surface area contributed by atoms with E-state index in [2.05, 4.69) is 28.4 Å². The third-order valence-electron chi connectivity index (χ3n) is 4.50. The number of amides is 2.